The largest absolute Gasteiger partial charge is 0.452 e. The zero-order chi connectivity index (χ0) is 17.8. The third kappa shape index (κ3) is 3.97. The number of hydrogen-bond acceptors (Lipinski definition) is 6. The Balaban J connectivity index is 1.67. The number of benzene rings is 2. The molecule has 0 unspecified atom stereocenters. The van der Waals surface area contributed by atoms with E-state index in [9.17, 15) is 4.79 Å². The zero-order valence-corrected chi connectivity index (χ0v) is 14.5. The Labute approximate surface area is 150 Å². The van der Waals surface area contributed by atoms with Gasteiger partial charge in [-0.15, -0.1) is 0 Å². The van der Waals surface area contributed by atoms with Crippen LogP contribution in [0.2, 0.25) is 5.02 Å². The van der Waals surface area contributed by atoms with Gasteiger partial charge in [0.2, 0.25) is 5.82 Å². The highest BCUT2D eigenvalue weighted by molar-refractivity contribution is 6.33. The monoisotopic (exact) mass is 357 g/mol. The first-order valence-electron chi connectivity index (χ1n) is 7.56. The maximum Gasteiger partial charge on any atom is 0.338 e. The Bertz CT molecular complexity index is 893. The second-order valence-corrected chi connectivity index (χ2v) is 5.92. The molecule has 1 heterocycles. The molecule has 0 atom stereocenters. The summed E-state index contributed by atoms with van der Waals surface area (Å²) in [7, 11) is 3.80. The van der Waals surface area contributed by atoms with Crippen molar-refractivity contribution in [1.29, 1.82) is 0 Å². The summed E-state index contributed by atoms with van der Waals surface area (Å²) >= 11 is 6.10. The number of halogens is 1. The van der Waals surface area contributed by atoms with E-state index in [1.807, 2.05) is 37.2 Å². The van der Waals surface area contributed by atoms with Crippen molar-refractivity contribution in [3.8, 4) is 11.4 Å². The first-order valence-corrected chi connectivity index (χ1v) is 7.94. The number of nitrogens with zero attached hydrogens (tertiary/aromatic N) is 3. The van der Waals surface area contributed by atoms with Crippen molar-refractivity contribution in [3.05, 3.63) is 65.0 Å². The molecule has 0 saturated carbocycles. The van der Waals surface area contributed by atoms with E-state index < -0.39 is 5.97 Å². The quantitative estimate of drug-likeness (QED) is 0.647. The molecule has 3 aromatic rings. The molecule has 0 radical (unpaired) electrons. The molecule has 0 aliphatic rings. The molecule has 2 aromatic carbocycles. The van der Waals surface area contributed by atoms with Gasteiger partial charge < -0.3 is 14.2 Å². The molecule has 0 amide bonds. The van der Waals surface area contributed by atoms with Crippen LogP contribution in [-0.2, 0) is 11.3 Å². The Morgan fingerprint density at radius 1 is 1.20 bits per heavy atom. The Morgan fingerprint density at radius 3 is 2.76 bits per heavy atom. The Morgan fingerprint density at radius 2 is 2.00 bits per heavy atom. The van der Waals surface area contributed by atoms with Crippen molar-refractivity contribution in [2.45, 2.75) is 6.61 Å². The predicted octanol–water partition coefficient (Wildman–Crippen LogP) is 3.81. The lowest BCUT2D eigenvalue weighted by Gasteiger charge is -2.12. The molecule has 3 rings (SSSR count). The van der Waals surface area contributed by atoms with Gasteiger partial charge in [0.15, 0.2) is 6.61 Å². The highest BCUT2D eigenvalue weighted by Crippen LogP contribution is 2.25. The smallest absolute Gasteiger partial charge is 0.338 e. The number of carbonyl (C=O) groups is 1. The van der Waals surface area contributed by atoms with Gasteiger partial charge in [-0.2, -0.15) is 4.98 Å². The van der Waals surface area contributed by atoms with Crippen molar-refractivity contribution >= 4 is 23.3 Å². The predicted molar refractivity (Wildman–Crippen MR) is 94.6 cm³/mol. The molecule has 0 aliphatic heterocycles. The van der Waals surface area contributed by atoms with Crippen LogP contribution in [0.15, 0.2) is 53.1 Å². The third-order valence-electron chi connectivity index (χ3n) is 3.51. The van der Waals surface area contributed by atoms with Gasteiger partial charge in [-0.05, 0) is 30.3 Å². The second-order valence-electron chi connectivity index (χ2n) is 5.51. The highest BCUT2D eigenvalue weighted by atomic mass is 35.5. The van der Waals surface area contributed by atoms with E-state index in [2.05, 4.69) is 10.1 Å². The summed E-state index contributed by atoms with van der Waals surface area (Å²) in [6.07, 6.45) is 0. The molecular formula is C18H16ClN3O3. The first kappa shape index (κ1) is 17.0. The third-order valence-corrected chi connectivity index (χ3v) is 3.84. The summed E-state index contributed by atoms with van der Waals surface area (Å²) in [5.41, 5.74) is 2.02. The zero-order valence-electron chi connectivity index (χ0n) is 13.8. The number of rotatable bonds is 5. The molecular weight excluding hydrogens is 342 g/mol. The van der Waals surface area contributed by atoms with Gasteiger partial charge in [-0.25, -0.2) is 4.79 Å². The summed E-state index contributed by atoms with van der Waals surface area (Å²) in [6.45, 7) is -0.109. The van der Waals surface area contributed by atoms with Crippen LogP contribution >= 0.6 is 11.6 Å². The van der Waals surface area contributed by atoms with E-state index in [1.54, 1.807) is 30.3 Å². The summed E-state index contributed by atoms with van der Waals surface area (Å²) in [5, 5.41) is 4.39. The van der Waals surface area contributed by atoms with Crippen LogP contribution in [-0.4, -0.2) is 30.2 Å². The lowest BCUT2D eigenvalue weighted by Crippen LogP contribution is -2.11. The average Bonchev–Trinajstić information content (AvgIpc) is 3.09. The van der Waals surface area contributed by atoms with E-state index in [0.29, 0.717) is 22.0 Å². The van der Waals surface area contributed by atoms with E-state index in [-0.39, 0.29) is 12.5 Å². The highest BCUT2D eigenvalue weighted by Gasteiger charge is 2.14. The maximum absolute atomic E-state index is 12.2. The minimum Gasteiger partial charge on any atom is -0.452 e. The number of ether oxygens (including phenoxy) is 1. The van der Waals surface area contributed by atoms with Gasteiger partial charge in [-0.1, -0.05) is 35.0 Å². The molecule has 0 aliphatic carbocycles. The van der Waals surface area contributed by atoms with Crippen LogP contribution < -0.4 is 4.90 Å². The number of carbonyl (C=O) groups excluding carboxylic acids is 1. The summed E-state index contributed by atoms with van der Waals surface area (Å²) in [5.74, 6) is 0.0967. The normalized spacial score (nSPS) is 10.5. The van der Waals surface area contributed by atoms with Crippen molar-refractivity contribution in [1.82, 2.24) is 10.1 Å². The molecule has 25 heavy (non-hydrogen) atoms. The molecule has 0 bridgehead atoms. The van der Waals surface area contributed by atoms with Gasteiger partial charge in [-0.3, -0.25) is 0 Å². The number of hydrogen-bond donors (Lipinski definition) is 0. The lowest BCUT2D eigenvalue weighted by molar-refractivity contribution is 0.0430. The van der Waals surface area contributed by atoms with E-state index in [4.69, 9.17) is 20.9 Å². The molecule has 7 heteroatoms. The minimum atomic E-state index is -0.457. The van der Waals surface area contributed by atoms with Crippen molar-refractivity contribution in [2.24, 2.45) is 0 Å². The Kier molecular flexibility index (Phi) is 5.00. The lowest BCUT2D eigenvalue weighted by atomic mass is 10.2. The van der Waals surface area contributed by atoms with E-state index >= 15 is 0 Å². The van der Waals surface area contributed by atoms with Gasteiger partial charge in [0.1, 0.15) is 0 Å². The van der Waals surface area contributed by atoms with Crippen molar-refractivity contribution in [2.75, 3.05) is 19.0 Å². The van der Waals surface area contributed by atoms with Crippen LogP contribution in [0.5, 0.6) is 0 Å². The molecule has 1 aromatic heterocycles. The molecule has 6 nitrogen and oxygen atoms in total. The number of aromatic nitrogens is 2. The SMILES string of the molecule is CN(C)c1cccc(C(=O)OCc2nc(-c3ccccc3Cl)no2)c1. The number of anilines is 1. The molecule has 0 saturated heterocycles. The standard InChI is InChI=1S/C18H16ClN3O3/c1-22(2)13-7-5-6-12(10-13)18(23)24-11-16-20-17(21-25-16)14-8-3-4-9-15(14)19/h3-10H,11H2,1-2H3. The average molecular weight is 358 g/mol. The summed E-state index contributed by atoms with van der Waals surface area (Å²) in [4.78, 5) is 18.3. The van der Waals surface area contributed by atoms with Crippen LogP contribution in [0.25, 0.3) is 11.4 Å². The second kappa shape index (κ2) is 7.36. The van der Waals surface area contributed by atoms with Crippen LogP contribution in [0.4, 0.5) is 5.69 Å². The Hall–Kier alpha value is -2.86. The van der Waals surface area contributed by atoms with Gasteiger partial charge in [0.05, 0.1) is 10.6 Å². The maximum atomic E-state index is 12.2. The number of esters is 1. The fraction of sp³-hybridized carbons (Fsp3) is 0.167. The fourth-order valence-corrected chi connectivity index (χ4v) is 2.41. The van der Waals surface area contributed by atoms with E-state index in [0.717, 1.165) is 5.69 Å². The summed E-state index contributed by atoms with van der Waals surface area (Å²) in [6, 6.07) is 14.3. The summed E-state index contributed by atoms with van der Waals surface area (Å²) < 4.78 is 10.4. The first-order chi connectivity index (χ1) is 12.0. The van der Waals surface area contributed by atoms with Gasteiger partial charge in [0.25, 0.3) is 5.89 Å². The fourth-order valence-electron chi connectivity index (χ4n) is 2.19. The van der Waals surface area contributed by atoms with Crippen molar-refractivity contribution < 1.29 is 14.1 Å². The minimum absolute atomic E-state index is 0.109. The molecule has 0 N–H and O–H groups in total. The van der Waals surface area contributed by atoms with E-state index in [1.165, 1.54) is 0 Å². The molecule has 128 valence electrons. The van der Waals surface area contributed by atoms with Crippen LogP contribution in [0, 0.1) is 0 Å². The molecule has 0 spiro atoms. The van der Waals surface area contributed by atoms with Crippen LogP contribution in [0.3, 0.4) is 0 Å². The van der Waals surface area contributed by atoms with Gasteiger partial charge in [0, 0.05) is 25.3 Å². The van der Waals surface area contributed by atoms with Crippen LogP contribution in [0.1, 0.15) is 16.2 Å². The topological polar surface area (TPSA) is 68.5 Å². The van der Waals surface area contributed by atoms with Crippen molar-refractivity contribution in [3.63, 3.8) is 0 Å². The molecule has 0 fully saturated rings. The van der Waals surface area contributed by atoms with Gasteiger partial charge >= 0.3 is 5.97 Å².